The zero-order valence-corrected chi connectivity index (χ0v) is 17.4. The molecule has 0 N–H and O–H groups in total. The average molecular weight is 424 g/mol. The van der Waals surface area contributed by atoms with E-state index in [4.69, 9.17) is 16.3 Å². The standard InChI is InChI=1S/C22H18ClN3O2S/c1-25-21(27)20(29-22(25)24-16-7-5-15(23)6-8-16)14-18-4-3-13-26(18)17-9-11-19(28-2)12-10-17/h3-14H,1-2H3/b20-14-,24-22?. The Hall–Kier alpha value is -2.96. The molecule has 0 bridgehead atoms. The number of carbonyl (C=O) groups is 1. The molecule has 0 saturated carbocycles. The van der Waals surface area contributed by atoms with Crippen LogP contribution in [0.5, 0.6) is 5.75 Å². The van der Waals surface area contributed by atoms with Crippen molar-refractivity contribution in [3.8, 4) is 11.4 Å². The topological polar surface area (TPSA) is 46.8 Å². The Morgan fingerprint density at radius 2 is 1.79 bits per heavy atom. The van der Waals surface area contributed by atoms with Crippen molar-refractivity contribution in [2.24, 2.45) is 4.99 Å². The highest BCUT2D eigenvalue weighted by molar-refractivity contribution is 8.18. The minimum absolute atomic E-state index is 0.0785. The maximum atomic E-state index is 12.7. The van der Waals surface area contributed by atoms with Crippen LogP contribution in [0.4, 0.5) is 5.69 Å². The zero-order valence-electron chi connectivity index (χ0n) is 15.9. The van der Waals surface area contributed by atoms with Crippen LogP contribution in [0.15, 0.2) is 76.8 Å². The molecule has 1 aliphatic heterocycles. The first-order chi connectivity index (χ1) is 14.0. The SMILES string of the molecule is COc1ccc(-n2cccc2/C=C2\SC(=Nc3ccc(Cl)cc3)N(C)C2=O)cc1. The van der Waals surface area contributed by atoms with Crippen molar-refractivity contribution in [3.05, 3.63) is 82.5 Å². The number of nitrogens with zero attached hydrogens (tertiary/aromatic N) is 3. The zero-order chi connectivity index (χ0) is 20.4. The maximum absolute atomic E-state index is 12.7. The highest BCUT2D eigenvalue weighted by Crippen LogP contribution is 2.33. The molecule has 7 heteroatoms. The summed E-state index contributed by atoms with van der Waals surface area (Å²) in [6.45, 7) is 0. The fourth-order valence-electron chi connectivity index (χ4n) is 2.90. The highest BCUT2D eigenvalue weighted by Gasteiger charge is 2.30. The summed E-state index contributed by atoms with van der Waals surface area (Å²) in [6.07, 6.45) is 3.85. The molecule has 1 saturated heterocycles. The molecule has 0 aliphatic carbocycles. The summed E-state index contributed by atoms with van der Waals surface area (Å²) in [6, 6.07) is 18.9. The van der Waals surface area contributed by atoms with E-state index in [2.05, 4.69) is 4.99 Å². The lowest BCUT2D eigenvalue weighted by Crippen LogP contribution is -2.23. The number of aliphatic imine (C=N–C) groups is 1. The Balaban J connectivity index is 1.63. The summed E-state index contributed by atoms with van der Waals surface area (Å²) in [5, 5.41) is 1.28. The Morgan fingerprint density at radius 3 is 2.48 bits per heavy atom. The number of benzene rings is 2. The number of amides is 1. The summed E-state index contributed by atoms with van der Waals surface area (Å²) < 4.78 is 7.24. The molecule has 29 heavy (non-hydrogen) atoms. The van der Waals surface area contributed by atoms with Crippen LogP contribution >= 0.6 is 23.4 Å². The second-order valence-corrected chi connectivity index (χ2v) is 7.79. The van der Waals surface area contributed by atoms with Gasteiger partial charge in [0.1, 0.15) is 5.75 Å². The fraction of sp³-hybridized carbons (Fsp3) is 0.0909. The van der Waals surface area contributed by atoms with E-state index < -0.39 is 0 Å². The van der Waals surface area contributed by atoms with Gasteiger partial charge in [-0.25, -0.2) is 4.99 Å². The molecule has 5 nitrogen and oxygen atoms in total. The number of hydrogen-bond donors (Lipinski definition) is 0. The number of amidine groups is 1. The third-order valence-corrected chi connectivity index (χ3v) is 5.78. The number of hydrogen-bond acceptors (Lipinski definition) is 4. The van der Waals surface area contributed by atoms with Crippen molar-refractivity contribution in [1.29, 1.82) is 0 Å². The molecule has 1 fully saturated rings. The van der Waals surface area contributed by atoms with E-state index in [1.165, 1.54) is 11.8 Å². The molecular formula is C22H18ClN3O2S. The highest BCUT2D eigenvalue weighted by atomic mass is 35.5. The number of likely N-dealkylation sites (N-methyl/N-ethyl adjacent to an activating group) is 1. The molecule has 146 valence electrons. The number of rotatable bonds is 4. The molecule has 0 unspecified atom stereocenters. The van der Waals surface area contributed by atoms with Crippen LogP contribution in [-0.4, -0.2) is 34.7 Å². The lowest BCUT2D eigenvalue weighted by atomic mass is 10.3. The first-order valence-corrected chi connectivity index (χ1v) is 10.1. The largest absolute Gasteiger partial charge is 0.497 e. The van der Waals surface area contributed by atoms with Crippen molar-refractivity contribution in [2.75, 3.05) is 14.2 Å². The molecule has 1 aliphatic rings. The van der Waals surface area contributed by atoms with Gasteiger partial charge in [-0.05, 0) is 78.5 Å². The normalized spacial score (nSPS) is 16.8. The second kappa shape index (κ2) is 8.19. The molecule has 1 aromatic heterocycles. The predicted octanol–water partition coefficient (Wildman–Crippen LogP) is 5.37. The van der Waals surface area contributed by atoms with Crippen LogP contribution < -0.4 is 4.74 Å². The summed E-state index contributed by atoms with van der Waals surface area (Å²) >= 11 is 7.28. The van der Waals surface area contributed by atoms with Gasteiger partial charge in [-0.15, -0.1) is 0 Å². The summed E-state index contributed by atoms with van der Waals surface area (Å²) in [5.41, 5.74) is 2.65. The second-order valence-electron chi connectivity index (χ2n) is 6.35. The number of aromatic nitrogens is 1. The van der Waals surface area contributed by atoms with Crippen LogP contribution in [-0.2, 0) is 4.79 Å². The Bertz CT molecular complexity index is 1100. The number of methoxy groups -OCH3 is 1. The van der Waals surface area contributed by atoms with Gasteiger partial charge in [-0.1, -0.05) is 11.6 Å². The predicted molar refractivity (Wildman–Crippen MR) is 119 cm³/mol. The van der Waals surface area contributed by atoms with Crippen LogP contribution in [0.2, 0.25) is 5.02 Å². The van der Waals surface area contributed by atoms with Crippen molar-refractivity contribution in [1.82, 2.24) is 9.47 Å². The van der Waals surface area contributed by atoms with Gasteiger partial charge in [-0.3, -0.25) is 9.69 Å². The van der Waals surface area contributed by atoms with Crippen molar-refractivity contribution < 1.29 is 9.53 Å². The van der Waals surface area contributed by atoms with E-state index in [0.29, 0.717) is 15.1 Å². The van der Waals surface area contributed by atoms with Crippen molar-refractivity contribution in [2.45, 2.75) is 0 Å². The molecular weight excluding hydrogens is 406 g/mol. The van der Waals surface area contributed by atoms with Gasteiger partial charge in [0.05, 0.1) is 17.7 Å². The van der Waals surface area contributed by atoms with Crippen LogP contribution in [0.25, 0.3) is 11.8 Å². The van der Waals surface area contributed by atoms with Gasteiger partial charge in [0.2, 0.25) is 0 Å². The summed E-state index contributed by atoms with van der Waals surface area (Å²) in [4.78, 5) is 19.5. The van der Waals surface area contributed by atoms with Crippen LogP contribution in [0.3, 0.4) is 0 Å². The first-order valence-electron chi connectivity index (χ1n) is 8.89. The average Bonchev–Trinajstić information content (AvgIpc) is 3.30. The van der Waals surface area contributed by atoms with Crippen LogP contribution in [0, 0.1) is 0 Å². The van der Waals surface area contributed by atoms with Crippen molar-refractivity contribution >= 4 is 46.2 Å². The van der Waals surface area contributed by atoms with Gasteiger partial charge in [0.25, 0.3) is 5.91 Å². The Labute approximate surface area is 178 Å². The van der Waals surface area contributed by atoms with Gasteiger partial charge in [0.15, 0.2) is 5.17 Å². The van der Waals surface area contributed by atoms with Crippen LogP contribution in [0.1, 0.15) is 5.69 Å². The summed E-state index contributed by atoms with van der Waals surface area (Å²) in [5.74, 6) is 0.720. The van der Waals surface area contributed by atoms with Gasteiger partial charge in [0, 0.05) is 29.6 Å². The molecule has 0 spiro atoms. The Morgan fingerprint density at radius 1 is 1.07 bits per heavy atom. The van der Waals surface area contributed by atoms with E-state index in [1.807, 2.05) is 65.4 Å². The van der Waals surface area contributed by atoms with Crippen molar-refractivity contribution in [3.63, 3.8) is 0 Å². The fourth-order valence-corrected chi connectivity index (χ4v) is 4.00. The molecule has 0 atom stereocenters. The minimum atomic E-state index is -0.0785. The number of halogens is 1. The van der Waals surface area contributed by atoms with Gasteiger partial charge in [-0.2, -0.15) is 0 Å². The molecule has 2 aromatic carbocycles. The van der Waals surface area contributed by atoms with E-state index in [-0.39, 0.29) is 5.91 Å². The number of thioether (sulfide) groups is 1. The maximum Gasteiger partial charge on any atom is 0.266 e. The number of ether oxygens (including phenoxy) is 1. The van der Waals surface area contributed by atoms with Gasteiger partial charge < -0.3 is 9.30 Å². The molecule has 2 heterocycles. The van der Waals surface area contributed by atoms with Gasteiger partial charge >= 0.3 is 0 Å². The van der Waals surface area contributed by atoms with E-state index in [0.717, 1.165) is 22.8 Å². The molecule has 1 amide bonds. The monoisotopic (exact) mass is 423 g/mol. The summed E-state index contributed by atoms with van der Waals surface area (Å²) in [7, 11) is 3.37. The first kappa shape index (κ1) is 19.4. The third-order valence-electron chi connectivity index (χ3n) is 4.46. The smallest absolute Gasteiger partial charge is 0.266 e. The Kier molecular flexibility index (Phi) is 5.47. The van der Waals surface area contributed by atoms with E-state index >= 15 is 0 Å². The van der Waals surface area contributed by atoms with E-state index in [1.54, 1.807) is 31.2 Å². The minimum Gasteiger partial charge on any atom is -0.497 e. The molecule has 3 aromatic rings. The molecule has 0 radical (unpaired) electrons. The van der Waals surface area contributed by atoms with E-state index in [9.17, 15) is 4.79 Å². The third kappa shape index (κ3) is 4.09. The molecule has 4 rings (SSSR count). The lowest BCUT2D eigenvalue weighted by molar-refractivity contribution is -0.121. The number of carbonyl (C=O) groups excluding carboxylic acids is 1. The quantitative estimate of drug-likeness (QED) is 0.530. The lowest BCUT2D eigenvalue weighted by Gasteiger charge is -2.08.